The van der Waals surface area contributed by atoms with E-state index in [2.05, 4.69) is 0 Å². The van der Waals surface area contributed by atoms with Crippen LogP contribution in [0.1, 0.15) is 12.5 Å². The van der Waals surface area contributed by atoms with Crippen molar-refractivity contribution in [3.8, 4) is 17.2 Å². The standard InChI is InChI=1S/C16H18ClNO2/c1-2-19-13-5-7-14(8-6-13)20-15-4-3-12(9-10-18)16(17)11-15/h3-8,11H,2,9-10,18H2,1H3. The van der Waals surface area contributed by atoms with E-state index >= 15 is 0 Å². The Labute approximate surface area is 124 Å². The van der Waals surface area contributed by atoms with Gasteiger partial charge in [0.2, 0.25) is 0 Å². The quantitative estimate of drug-likeness (QED) is 0.874. The number of rotatable bonds is 6. The van der Waals surface area contributed by atoms with Gasteiger partial charge in [-0.25, -0.2) is 0 Å². The zero-order valence-corrected chi connectivity index (χ0v) is 12.2. The molecule has 0 fully saturated rings. The number of hydrogen-bond acceptors (Lipinski definition) is 3. The molecular weight excluding hydrogens is 274 g/mol. The third kappa shape index (κ3) is 3.89. The molecule has 0 amide bonds. The molecule has 3 nitrogen and oxygen atoms in total. The summed E-state index contributed by atoms with van der Waals surface area (Å²) >= 11 is 6.19. The van der Waals surface area contributed by atoms with E-state index in [0.717, 1.165) is 23.5 Å². The number of nitrogens with two attached hydrogens (primary N) is 1. The van der Waals surface area contributed by atoms with E-state index in [1.165, 1.54) is 0 Å². The Morgan fingerprint density at radius 1 is 1.00 bits per heavy atom. The Bertz CT molecular complexity index is 555. The van der Waals surface area contributed by atoms with Gasteiger partial charge in [-0.15, -0.1) is 0 Å². The van der Waals surface area contributed by atoms with Gasteiger partial charge in [-0.1, -0.05) is 17.7 Å². The maximum atomic E-state index is 6.19. The Hall–Kier alpha value is -1.71. The van der Waals surface area contributed by atoms with E-state index in [1.54, 1.807) is 0 Å². The highest BCUT2D eigenvalue weighted by atomic mass is 35.5. The van der Waals surface area contributed by atoms with Crippen molar-refractivity contribution in [3.63, 3.8) is 0 Å². The molecule has 4 heteroatoms. The highest BCUT2D eigenvalue weighted by Crippen LogP contribution is 2.28. The van der Waals surface area contributed by atoms with Crippen LogP contribution in [-0.4, -0.2) is 13.2 Å². The van der Waals surface area contributed by atoms with Gasteiger partial charge < -0.3 is 15.2 Å². The van der Waals surface area contributed by atoms with Gasteiger partial charge in [0.05, 0.1) is 6.61 Å². The summed E-state index contributed by atoms with van der Waals surface area (Å²) in [6, 6.07) is 13.1. The highest BCUT2D eigenvalue weighted by molar-refractivity contribution is 6.31. The zero-order chi connectivity index (χ0) is 14.4. The average molecular weight is 292 g/mol. The van der Waals surface area contributed by atoms with Crippen molar-refractivity contribution in [1.29, 1.82) is 0 Å². The lowest BCUT2D eigenvalue weighted by molar-refractivity contribution is 0.339. The average Bonchev–Trinajstić information content (AvgIpc) is 2.44. The van der Waals surface area contributed by atoms with Crippen molar-refractivity contribution >= 4 is 11.6 Å². The lowest BCUT2D eigenvalue weighted by Crippen LogP contribution is -2.03. The predicted octanol–water partition coefficient (Wildman–Crippen LogP) is 4.03. The first-order valence-corrected chi connectivity index (χ1v) is 7.00. The summed E-state index contributed by atoms with van der Waals surface area (Å²) in [6.07, 6.45) is 0.766. The number of ether oxygens (including phenoxy) is 2. The molecule has 106 valence electrons. The van der Waals surface area contributed by atoms with Crippen LogP contribution < -0.4 is 15.2 Å². The molecule has 0 aliphatic heterocycles. The van der Waals surface area contributed by atoms with Crippen LogP contribution in [0.5, 0.6) is 17.2 Å². The lowest BCUT2D eigenvalue weighted by atomic mass is 10.1. The molecule has 0 atom stereocenters. The second-order valence-corrected chi connectivity index (χ2v) is 4.71. The molecule has 20 heavy (non-hydrogen) atoms. The van der Waals surface area contributed by atoms with Crippen LogP contribution in [0.4, 0.5) is 0 Å². The Balaban J connectivity index is 2.07. The second kappa shape index (κ2) is 7.17. The Kier molecular flexibility index (Phi) is 5.27. The van der Waals surface area contributed by atoms with Crippen molar-refractivity contribution in [2.24, 2.45) is 5.73 Å². The van der Waals surface area contributed by atoms with E-state index in [9.17, 15) is 0 Å². The van der Waals surface area contributed by atoms with Gasteiger partial charge in [-0.2, -0.15) is 0 Å². The van der Waals surface area contributed by atoms with Gasteiger partial charge >= 0.3 is 0 Å². The van der Waals surface area contributed by atoms with E-state index in [1.807, 2.05) is 49.4 Å². The summed E-state index contributed by atoms with van der Waals surface area (Å²) in [4.78, 5) is 0. The number of halogens is 1. The van der Waals surface area contributed by atoms with Crippen LogP contribution >= 0.6 is 11.6 Å². The molecule has 0 radical (unpaired) electrons. The summed E-state index contributed by atoms with van der Waals surface area (Å²) in [5.41, 5.74) is 6.56. The predicted molar refractivity (Wildman–Crippen MR) is 81.9 cm³/mol. The maximum absolute atomic E-state index is 6.19. The minimum Gasteiger partial charge on any atom is -0.494 e. The molecule has 0 saturated heterocycles. The van der Waals surface area contributed by atoms with Crippen molar-refractivity contribution < 1.29 is 9.47 Å². The van der Waals surface area contributed by atoms with Crippen LogP contribution in [0, 0.1) is 0 Å². The van der Waals surface area contributed by atoms with Gasteiger partial charge in [-0.3, -0.25) is 0 Å². The zero-order valence-electron chi connectivity index (χ0n) is 11.4. The fourth-order valence-corrected chi connectivity index (χ4v) is 2.12. The second-order valence-electron chi connectivity index (χ2n) is 4.30. The molecule has 2 aromatic carbocycles. The first kappa shape index (κ1) is 14.7. The maximum Gasteiger partial charge on any atom is 0.128 e. The molecular formula is C16H18ClNO2. The fraction of sp³-hybridized carbons (Fsp3) is 0.250. The highest BCUT2D eigenvalue weighted by Gasteiger charge is 2.03. The van der Waals surface area contributed by atoms with Crippen LogP contribution in [0.25, 0.3) is 0 Å². The molecule has 0 heterocycles. The Morgan fingerprint density at radius 3 is 2.25 bits per heavy atom. The number of benzene rings is 2. The SMILES string of the molecule is CCOc1ccc(Oc2ccc(CCN)c(Cl)c2)cc1. The fourth-order valence-electron chi connectivity index (χ4n) is 1.86. The number of hydrogen-bond donors (Lipinski definition) is 1. The first-order chi connectivity index (χ1) is 9.72. The molecule has 2 N–H and O–H groups in total. The van der Waals surface area contributed by atoms with Crippen LogP contribution in [0.15, 0.2) is 42.5 Å². The molecule has 0 aliphatic rings. The summed E-state index contributed by atoms with van der Waals surface area (Å²) in [5.74, 6) is 2.28. The minimum atomic E-state index is 0.582. The van der Waals surface area contributed by atoms with Gasteiger partial charge in [0, 0.05) is 5.02 Å². The topological polar surface area (TPSA) is 44.5 Å². The molecule has 0 saturated carbocycles. The van der Waals surface area contributed by atoms with E-state index in [4.69, 9.17) is 26.8 Å². The summed E-state index contributed by atoms with van der Waals surface area (Å²) < 4.78 is 11.1. The summed E-state index contributed by atoms with van der Waals surface area (Å²) in [7, 11) is 0. The Morgan fingerprint density at radius 2 is 1.65 bits per heavy atom. The molecule has 2 aromatic rings. The molecule has 0 unspecified atom stereocenters. The largest absolute Gasteiger partial charge is 0.494 e. The van der Waals surface area contributed by atoms with E-state index in [0.29, 0.717) is 23.9 Å². The van der Waals surface area contributed by atoms with Crippen LogP contribution in [0.2, 0.25) is 5.02 Å². The summed E-state index contributed by atoms with van der Waals surface area (Å²) in [6.45, 7) is 3.19. The van der Waals surface area contributed by atoms with Gasteiger partial charge in [0.25, 0.3) is 0 Å². The van der Waals surface area contributed by atoms with Gasteiger partial charge in [0.1, 0.15) is 17.2 Å². The van der Waals surface area contributed by atoms with Crippen molar-refractivity contribution in [2.45, 2.75) is 13.3 Å². The minimum absolute atomic E-state index is 0.582. The normalized spacial score (nSPS) is 10.3. The molecule has 0 aliphatic carbocycles. The van der Waals surface area contributed by atoms with Crippen molar-refractivity contribution in [2.75, 3.05) is 13.2 Å². The van der Waals surface area contributed by atoms with E-state index < -0.39 is 0 Å². The van der Waals surface area contributed by atoms with Gasteiger partial charge in [0.15, 0.2) is 0 Å². The smallest absolute Gasteiger partial charge is 0.128 e. The van der Waals surface area contributed by atoms with Crippen molar-refractivity contribution in [3.05, 3.63) is 53.1 Å². The lowest BCUT2D eigenvalue weighted by Gasteiger charge is -2.09. The molecule has 2 rings (SSSR count). The van der Waals surface area contributed by atoms with Gasteiger partial charge in [-0.05, 0) is 61.9 Å². The first-order valence-electron chi connectivity index (χ1n) is 6.62. The monoisotopic (exact) mass is 291 g/mol. The van der Waals surface area contributed by atoms with Crippen LogP contribution in [0.3, 0.4) is 0 Å². The van der Waals surface area contributed by atoms with E-state index in [-0.39, 0.29) is 0 Å². The third-order valence-electron chi connectivity index (χ3n) is 2.81. The molecule has 0 aromatic heterocycles. The van der Waals surface area contributed by atoms with Crippen LogP contribution in [-0.2, 0) is 6.42 Å². The molecule has 0 spiro atoms. The molecule has 0 bridgehead atoms. The summed E-state index contributed by atoms with van der Waals surface area (Å²) in [5, 5.41) is 0.680. The van der Waals surface area contributed by atoms with Crippen molar-refractivity contribution in [1.82, 2.24) is 0 Å². The third-order valence-corrected chi connectivity index (χ3v) is 3.16.